The lowest BCUT2D eigenvalue weighted by atomic mass is 9.99. The van der Waals surface area contributed by atoms with Gasteiger partial charge >= 0.3 is 0 Å². The average molecular weight is 337 g/mol. The van der Waals surface area contributed by atoms with Gasteiger partial charge in [-0.05, 0) is 24.6 Å². The number of nitrogens with zero attached hydrogens (tertiary/aromatic N) is 1. The number of aryl methyl sites for hydroxylation is 1. The second kappa shape index (κ2) is 6.33. The van der Waals surface area contributed by atoms with Crippen LogP contribution < -0.4 is 4.74 Å². The van der Waals surface area contributed by atoms with E-state index in [1.165, 1.54) is 10.6 Å². The Balaban J connectivity index is 1.56. The van der Waals surface area contributed by atoms with Gasteiger partial charge in [-0.1, -0.05) is 42.0 Å². The first-order valence-corrected chi connectivity index (χ1v) is 8.45. The van der Waals surface area contributed by atoms with Gasteiger partial charge in [0.1, 0.15) is 5.75 Å². The Morgan fingerprint density at radius 1 is 1.12 bits per heavy atom. The summed E-state index contributed by atoms with van der Waals surface area (Å²) in [5.41, 5.74) is 2.72. The smallest absolute Gasteiger partial charge is 0.288 e. The number of Topliss-reactive ketones (excluding diaryl/α,β-unsaturated/α-hetero) is 1. The summed E-state index contributed by atoms with van der Waals surface area (Å²) in [7, 11) is 0. The third-order valence-corrected chi connectivity index (χ3v) is 4.69. The van der Waals surface area contributed by atoms with Crippen LogP contribution in [-0.4, -0.2) is 29.5 Å². The van der Waals surface area contributed by atoms with Crippen molar-refractivity contribution in [3.63, 3.8) is 0 Å². The Labute approximate surface area is 146 Å². The molecule has 2 aliphatic rings. The molecule has 2 aliphatic heterocycles. The van der Waals surface area contributed by atoms with Gasteiger partial charge in [-0.15, -0.1) is 0 Å². The zero-order valence-electron chi connectivity index (χ0n) is 14.0. The maximum atomic E-state index is 12.9. The van der Waals surface area contributed by atoms with Gasteiger partial charge in [-0.25, -0.2) is 5.06 Å². The number of para-hydroxylation sites is 1. The van der Waals surface area contributed by atoms with Crippen molar-refractivity contribution in [1.82, 2.24) is 5.06 Å². The van der Waals surface area contributed by atoms with E-state index in [1.54, 1.807) is 24.3 Å². The van der Waals surface area contributed by atoms with Crippen LogP contribution in [0.1, 0.15) is 40.4 Å². The largest absolute Gasteiger partial charge is 0.479 e. The minimum atomic E-state index is -0.839. The first-order chi connectivity index (χ1) is 12.1. The first-order valence-electron chi connectivity index (χ1n) is 8.45. The van der Waals surface area contributed by atoms with Crippen molar-refractivity contribution in [2.75, 3.05) is 6.61 Å². The molecule has 5 heteroatoms. The molecule has 5 nitrogen and oxygen atoms in total. The Morgan fingerprint density at radius 2 is 1.88 bits per heavy atom. The number of hydroxylamine groups is 2. The van der Waals surface area contributed by atoms with Crippen LogP contribution in [0.5, 0.6) is 5.75 Å². The molecular weight excluding hydrogens is 318 g/mol. The fraction of sp³-hybridized carbons (Fsp3) is 0.300. The normalized spacial score (nSPS) is 22.4. The molecule has 0 aromatic heterocycles. The fourth-order valence-electron chi connectivity index (χ4n) is 3.33. The first kappa shape index (κ1) is 15.8. The van der Waals surface area contributed by atoms with Crippen molar-refractivity contribution in [2.45, 2.75) is 31.9 Å². The number of rotatable bonds is 2. The molecule has 2 heterocycles. The van der Waals surface area contributed by atoms with Crippen LogP contribution in [-0.2, 0) is 9.63 Å². The Morgan fingerprint density at radius 3 is 2.68 bits per heavy atom. The monoisotopic (exact) mass is 337 g/mol. The van der Waals surface area contributed by atoms with Crippen molar-refractivity contribution in [3.05, 3.63) is 65.2 Å². The summed E-state index contributed by atoms with van der Waals surface area (Å²) in [6.07, 6.45) is -0.0732. The van der Waals surface area contributed by atoms with Gasteiger partial charge in [0.25, 0.3) is 5.91 Å². The third kappa shape index (κ3) is 2.91. The van der Waals surface area contributed by atoms with E-state index < -0.39 is 6.10 Å². The van der Waals surface area contributed by atoms with Crippen molar-refractivity contribution in [1.29, 1.82) is 0 Å². The molecule has 25 heavy (non-hydrogen) atoms. The van der Waals surface area contributed by atoms with Crippen LogP contribution >= 0.6 is 0 Å². The zero-order valence-corrected chi connectivity index (χ0v) is 14.0. The number of hydrogen-bond donors (Lipinski definition) is 0. The Kier molecular flexibility index (Phi) is 4.01. The Bertz CT molecular complexity index is 815. The molecule has 2 aromatic rings. The summed E-state index contributed by atoms with van der Waals surface area (Å²) in [6, 6.07) is 14.9. The van der Waals surface area contributed by atoms with E-state index in [0.717, 1.165) is 12.0 Å². The number of hydrogen-bond acceptors (Lipinski definition) is 4. The molecule has 0 aliphatic carbocycles. The molecule has 0 radical (unpaired) electrons. The summed E-state index contributed by atoms with van der Waals surface area (Å²) < 4.78 is 5.79. The van der Waals surface area contributed by atoms with Crippen molar-refractivity contribution in [3.8, 4) is 5.75 Å². The molecule has 0 spiro atoms. The van der Waals surface area contributed by atoms with E-state index in [-0.39, 0.29) is 24.2 Å². The van der Waals surface area contributed by atoms with Gasteiger partial charge in [-0.2, -0.15) is 0 Å². The van der Waals surface area contributed by atoms with Gasteiger partial charge in [0.15, 0.2) is 11.9 Å². The second-order valence-electron chi connectivity index (χ2n) is 6.44. The summed E-state index contributed by atoms with van der Waals surface area (Å²) in [5, 5.41) is 1.39. The Hall–Kier alpha value is -2.66. The molecule has 0 bridgehead atoms. The van der Waals surface area contributed by atoms with E-state index in [0.29, 0.717) is 17.9 Å². The number of fused-ring (bicyclic) bond motifs is 1. The van der Waals surface area contributed by atoms with E-state index in [1.807, 2.05) is 31.2 Å². The minimum absolute atomic E-state index is 0.0380. The van der Waals surface area contributed by atoms with Gasteiger partial charge in [0, 0.05) is 6.42 Å². The van der Waals surface area contributed by atoms with Crippen molar-refractivity contribution >= 4 is 11.7 Å². The maximum absolute atomic E-state index is 12.9. The lowest BCUT2D eigenvalue weighted by Gasteiger charge is -2.30. The molecular formula is C20H19NO4. The topological polar surface area (TPSA) is 55.8 Å². The van der Waals surface area contributed by atoms with E-state index in [9.17, 15) is 9.59 Å². The number of carbonyl (C=O) groups excluding carboxylic acids is 2. The predicted octanol–water partition coefficient (Wildman–Crippen LogP) is 3.23. The van der Waals surface area contributed by atoms with Gasteiger partial charge in [-0.3, -0.25) is 14.4 Å². The van der Waals surface area contributed by atoms with Gasteiger partial charge in [0.05, 0.1) is 24.6 Å². The maximum Gasteiger partial charge on any atom is 0.288 e. The molecule has 1 fully saturated rings. The van der Waals surface area contributed by atoms with Crippen molar-refractivity contribution in [2.24, 2.45) is 0 Å². The number of ether oxygens (including phenoxy) is 1. The van der Waals surface area contributed by atoms with Crippen LogP contribution in [0.25, 0.3) is 0 Å². The summed E-state index contributed by atoms with van der Waals surface area (Å²) in [4.78, 5) is 30.8. The highest BCUT2D eigenvalue weighted by molar-refractivity contribution is 6.03. The van der Waals surface area contributed by atoms with Crippen LogP contribution in [0.3, 0.4) is 0 Å². The summed E-state index contributed by atoms with van der Waals surface area (Å²) in [5.74, 6) is 0.0837. The highest BCUT2D eigenvalue weighted by atomic mass is 16.7. The predicted molar refractivity (Wildman–Crippen MR) is 91.1 cm³/mol. The number of amides is 1. The van der Waals surface area contributed by atoms with Crippen LogP contribution in [0, 0.1) is 6.92 Å². The van der Waals surface area contributed by atoms with Crippen LogP contribution in [0.15, 0.2) is 48.5 Å². The lowest BCUT2D eigenvalue weighted by molar-refractivity contribution is -0.184. The van der Waals surface area contributed by atoms with E-state index >= 15 is 0 Å². The molecule has 0 saturated carbocycles. The van der Waals surface area contributed by atoms with Crippen LogP contribution in [0.2, 0.25) is 0 Å². The number of carbonyl (C=O) groups is 2. The summed E-state index contributed by atoms with van der Waals surface area (Å²) in [6.45, 7) is 2.50. The SMILES string of the molecule is Cc1ccc(C2CCON2C(=O)C2CC(=O)c3ccccc3O2)cc1. The van der Waals surface area contributed by atoms with Gasteiger partial charge < -0.3 is 4.74 Å². The molecule has 1 saturated heterocycles. The minimum Gasteiger partial charge on any atom is -0.479 e. The zero-order chi connectivity index (χ0) is 17.4. The van der Waals surface area contributed by atoms with Gasteiger partial charge in [0.2, 0.25) is 0 Å². The molecule has 2 unspecified atom stereocenters. The quantitative estimate of drug-likeness (QED) is 0.844. The molecule has 0 N–H and O–H groups in total. The highest BCUT2D eigenvalue weighted by Crippen LogP contribution is 2.34. The fourth-order valence-corrected chi connectivity index (χ4v) is 3.33. The lowest BCUT2D eigenvalue weighted by Crippen LogP contribution is -2.43. The molecule has 4 rings (SSSR count). The molecule has 2 aromatic carbocycles. The average Bonchev–Trinajstić information content (AvgIpc) is 3.11. The van der Waals surface area contributed by atoms with Crippen LogP contribution in [0.4, 0.5) is 0 Å². The third-order valence-electron chi connectivity index (χ3n) is 4.69. The summed E-state index contributed by atoms with van der Waals surface area (Å²) >= 11 is 0. The molecule has 1 amide bonds. The second-order valence-corrected chi connectivity index (χ2v) is 6.44. The van der Waals surface area contributed by atoms with Crippen molar-refractivity contribution < 1.29 is 19.2 Å². The standard InChI is InChI=1S/C20H19NO4/c1-13-6-8-14(9-7-13)16-10-11-24-21(16)20(23)19-12-17(22)15-4-2-3-5-18(15)25-19/h2-9,16,19H,10-12H2,1H3. The molecule has 2 atom stereocenters. The number of benzene rings is 2. The molecule has 128 valence electrons. The van der Waals surface area contributed by atoms with E-state index in [2.05, 4.69) is 0 Å². The number of ketones is 1. The van der Waals surface area contributed by atoms with E-state index in [4.69, 9.17) is 9.57 Å². The highest BCUT2D eigenvalue weighted by Gasteiger charge is 2.40.